The van der Waals surface area contributed by atoms with E-state index in [-0.39, 0.29) is 19.0 Å². The van der Waals surface area contributed by atoms with E-state index >= 15 is 0 Å². The third-order valence-electron chi connectivity index (χ3n) is 4.54. The topological polar surface area (TPSA) is 62.2 Å². The van der Waals surface area contributed by atoms with Crippen LogP contribution in [0.1, 0.15) is 26.2 Å². The van der Waals surface area contributed by atoms with E-state index in [1.54, 1.807) is 0 Å². The molecule has 148 valence electrons. The second kappa shape index (κ2) is 12.0. The van der Waals surface area contributed by atoms with Crippen LogP contribution in [-0.4, -0.2) is 73.4 Å². The Morgan fingerprint density at radius 3 is 2.19 bits per heavy atom. The van der Waals surface area contributed by atoms with Gasteiger partial charge in [-0.15, -0.1) is 12.4 Å². The summed E-state index contributed by atoms with van der Waals surface area (Å²) in [5, 5.41) is 8.87. The molecule has 0 aliphatic carbocycles. The van der Waals surface area contributed by atoms with Gasteiger partial charge in [-0.25, -0.2) is 0 Å². The monoisotopic (exact) mass is 386 g/mol. The lowest BCUT2D eigenvalue weighted by Crippen LogP contribution is -2.45. The van der Waals surface area contributed by atoms with Gasteiger partial charge in [0, 0.05) is 12.6 Å². The largest absolute Gasteiger partial charge is 0.494 e. The van der Waals surface area contributed by atoms with Crippen molar-refractivity contribution in [1.29, 1.82) is 0 Å². The Balaban J connectivity index is 0.00000338. The molecule has 1 aliphatic heterocycles. The Hall–Kier alpha value is -1.50. The van der Waals surface area contributed by atoms with Crippen LogP contribution in [0.2, 0.25) is 0 Å². The number of piperidine rings is 1. The maximum absolute atomic E-state index is 10.8. The molecule has 1 saturated heterocycles. The van der Waals surface area contributed by atoms with Crippen LogP contribution in [0.4, 0.5) is 0 Å². The fourth-order valence-electron chi connectivity index (χ4n) is 3.07. The highest BCUT2D eigenvalue weighted by Crippen LogP contribution is 2.18. The van der Waals surface area contributed by atoms with Crippen molar-refractivity contribution in [2.75, 3.05) is 46.4 Å². The van der Waals surface area contributed by atoms with Crippen molar-refractivity contribution >= 4 is 18.4 Å². The minimum absolute atomic E-state index is 0. The van der Waals surface area contributed by atoms with E-state index in [2.05, 4.69) is 11.8 Å². The molecule has 1 fully saturated rings. The summed E-state index contributed by atoms with van der Waals surface area (Å²) in [6, 6.07) is 8.13. The number of likely N-dealkylation sites (tertiary alicyclic amines) is 1. The zero-order valence-electron chi connectivity index (χ0n) is 15.7. The molecule has 1 aliphatic rings. The van der Waals surface area contributed by atoms with E-state index < -0.39 is 5.97 Å². The van der Waals surface area contributed by atoms with Gasteiger partial charge in [0.2, 0.25) is 0 Å². The lowest BCUT2D eigenvalue weighted by atomic mass is 10.0. The SMILES string of the molecule is CCCOc1ccc(OCCN2CCC(N(C)CC(=O)O)CC2)cc1.Cl. The van der Waals surface area contributed by atoms with Crippen LogP contribution in [0.5, 0.6) is 11.5 Å². The number of ether oxygens (including phenoxy) is 2. The number of hydrogen-bond acceptors (Lipinski definition) is 5. The molecule has 0 radical (unpaired) electrons. The van der Waals surface area contributed by atoms with Crippen LogP contribution in [-0.2, 0) is 4.79 Å². The maximum atomic E-state index is 10.8. The van der Waals surface area contributed by atoms with E-state index in [1.165, 1.54) is 0 Å². The highest BCUT2D eigenvalue weighted by molar-refractivity contribution is 5.85. The average molecular weight is 387 g/mol. The van der Waals surface area contributed by atoms with E-state index in [4.69, 9.17) is 14.6 Å². The number of rotatable bonds is 10. The first-order chi connectivity index (χ1) is 12.1. The fraction of sp³-hybridized carbons (Fsp3) is 0.632. The summed E-state index contributed by atoms with van der Waals surface area (Å²) in [4.78, 5) is 15.1. The summed E-state index contributed by atoms with van der Waals surface area (Å²) >= 11 is 0. The third kappa shape index (κ3) is 7.81. The van der Waals surface area contributed by atoms with Crippen LogP contribution >= 0.6 is 12.4 Å². The first-order valence-corrected chi connectivity index (χ1v) is 9.08. The standard InChI is InChI=1S/C19H30N2O4.ClH/c1-3-13-24-17-4-6-18(7-5-17)25-14-12-21-10-8-16(9-11-21)20(2)15-19(22)23;/h4-7,16H,3,8-15H2,1-2H3,(H,22,23);1H. The van der Waals surface area contributed by atoms with Crippen molar-refractivity contribution in [1.82, 2.24) is 9.80 Å². The summed E-state index contributed by atoms with van der Waals surface area (Å²) < 4.78 is 11.4. The summed E-state index contributed by atoms with van der Waals surface area (Å²) in [5.74, 6) is 0.978. The van der Waals surface area contributed by atoms with Crippen LogP contribution in [0.3, 0.4) is 0 Å². The van der Waals surface area contributed by atoms with Gasteiger partial charge >= 0.3 is 5.97 Å². The minimum Gasteiger partial charge on any atom is -0.494 e. The summed E-state index contributed by atoms with van der Waals surface area (Å²) in [7, 11) is 1.89. The summed E-state index contributed by atoms with van der Waals surface area (Å²) in [5.41, 5.74) is 0. The number of nitrogens with zero attached hydrogens (tertiary/aromatic N) is 2. The summed E-state index contributed by atoms with van der Waals surface area (Å²) in [6.07, 6.45) is 3.02. The minimum atomic E-state index is -0.760. The van der Waals surface area contributed by atoms with Gasteiger partial charge in [-0.05, 0) is 63.7 Å². The van der Waals surface area contributed by atoms with Crippen molar-refractivity contribution in [3.63, 3.8) is 0 Å². The Labute approximate surface area is 162 Å². The molecule has 6 nitrogen and oxygen atoms in total. The van der Waals surface area contributed by atoms with Crippen LogP contribution in [0.25, 0.3) is 0 Å². The smallest absolute Gasteiger partial charge is 0.317 e. The second-order valence-electron chi connectivity index (χ2n) is 6.55. The Morgan fingerprint density at radius 1 is 1.15 bits per heavy atom. The van der Waals surface area contributed by atoms with E-state index in [0.717, 1.165) is 57.0 Å². The van der Waals surface area contributed by atoms with E-state index in [0.29, 0.717) is 12.6 Å². The van der Waals surface area contributed by atoms with Gasteiger partial charge in [0.15, 0.2) is 0 Å². The quantitative estimate of drug-likeness (QED) is 0.667. The molecule has 1 aromatic carbocycles. The van der Waals surface area contributed by atoms with Crippen molar-refractivity contribution in [3.05, 3.63) is 24.3 Å². The zero-order valence-corrected chi connectivity index (χ0v) is 16.5. The molecule has 26 heavy (non-hydrogen) atoms. The number of halogens is 1. The van der Waals surface area contributed by atoms with Crippen LogP contribution in [0.15, 0.2) is 24.3 Å². The molecule has 0 spiro atoms. The molecular formula is C19H31ClN2O4. The highest BCUT2D eigenvalue weighted by atomic mass is 35.5. The molecule has 0 aromatic heterocycles. The molecule has 7 heteroatoms. The lowest BCUT2D eigenvalue weighted by molar-refractivity contribution is -0.138. The molecule has 1 aromatic rings. The van der Waals surface area contributed by atoms with Crippen LogP contribution in [0, 0.1) is 0 Å². The average Bonchev–Trinajstić information content (AvgIpc) is 2.61. The third-order valence-corrected chi connectivity index (χ3v) is 4.54. The van der Waals surface area contributed by atoms with Gasteiger partial charge in [-0.1, -0.05) is 6.92 Å². The molecule has 2 rings (SSSR count). The molecule has 1 heterocycles. The van der Waals surface area contributed by atoms with Gasteiger partial charge < -0.3 is 14.6 Å². The van der Waals surface area contributed by atoms with Gasteiger partial charge in [0.1, 0.15) is 18.1 Å². The molecule has 0 saturated carbocycles. The van der Waals surface area contributed by atoms with Crippen LogP contribution < -0.4 is 9.47 Å². The molecular weight excluding hydrogens is 356 g/mol. The highest BCUT2D eigenvalue weighted by Gasteiger charge is 2.23. The molecule has 0 bridgehead atoms. The molecule has 0 atom stereocenters. The van der Waals surface area contributed by atoms with E-state index in [1.807, 2.05) is 36.2 Å². The second-order valence-corrected chi connectivity index (χ2v) is 6.55. The summed E-state index contributed by atoms with van der Waals surface area (Å²) in [6.45, 7) is 6.46. The fourth-order valence-corrected chi connectivity index (χ4v) is 3.07. The van der Waals surface area contributed by atoms with Crippen molar-refractivity contribution in [2.45, 2.75) is 32.2 Å². The number of aliphatic carboxylic acids is 1. The van der Waals surface area contributed by atoms with Gasteiger partial charge in [0.25, 0.3) is 0 Å². The van der Waals surface area contributed by atoms with Crippen molar-refractivity contribution in [2.24, 2.45) is 0 Å². The number of carboxylic acids is 1. The van der Waals surface area contributed by atoms with E-state index in [9.17, 15) is 4.79 Å². The molecule has 0 amide bonds. The zero-order chi connectivity index (χ0) is 18.1. The van der Waals surface area contributed by atoms with Gasteiger partial charge in [-0.2, -0.15) is 0 Å². The molecule has 0 unspecified atom stereocenters. The number of carbonyl (C=O) groups is 1. The van der Waals surface area contributed by atoms with Crippen molar-refractivity contribution in [3.8, 4) is 11.5 Å². The predicted octanol–water partition coefficient (Wildman–Crippen LogP) is 2.76. The number of hydrogen-bond donors (Lipinski definition) is 1. The number of benzene rings is 1. The lowest BCUT2D eigenvalue weighted by Gasteiger charge is -2.36. The Kier molecular flexibility index (Phi) is 10.4. The van der Waals surface area contributed by atoms with Gasteiger partial charge in [0.05, 0.1) is 13.2 Å². The first-order valence-electron chi connectivity index (χ1n) is 9.08. The molecule has 1 N–H and O–H groups in total. The van der Waals surface area contributed by atoms with Crippen molar-refractivity contribution < 1.29 is 19.4 Å². The Bertz CT molecular complexity index is 519. The number of likely N-dealkylation sites (N-methyl/N-ethyl adjacent to an activating group) is 1. The first kappa shape index (κ1) is 22.5. The van der Waals surface area contributed by atoms with Gasteiger partial charge in [-0.3, -0.25) is 14.6 Å². The maximum Gasteiger partial charge on any atom is 0.317 e. The Morgan fingerprint density at radius 2 is 1.69 bits per heavy atom. The normalized spacial score (nSPS) is 15.5. The predicted molar refractivity (Wildman–Crippen MR) is 105 cm³/mol. The number of carboxylic acid groups (broad SMARTS) is 1.